The van der Waals surface area contributed by atoms with E-state index in [0.29, 0.717) is 6.32 Å². The first-order valence-corrected chi connectivity index (χ1v) is 6.34. The van der Waals surface area contributed by atoms with Gasteiger partial charge in [0, 0.05) is 12.6 Å². The fourth-order valence-corrected chi connectivity index (χ4v) is 2.00. The van der Waals surface area contributed by atoms with Gasteiger partial charge in [-0.25, -0.2) is 0 Å². The molecule has 0 radical (unpaired) electrons. The zero-order valence-corrected chi connectivity index (χ0v) is 10.6. The Kier molecular flexibility index (Phi) is 10.9. The molecule has 0 amide bonds. The first kappa shape index (κ1) is 17.3. The van der Waals surface area contributed by atoms with Crippen LogP contribution in [0.25, 0.3) is 0 Å². The van der Waals surface area contributed by atoms with Crippen molar-refractivity contribution in [2.75, 3.05) is 6.61 Å². The van der Waals surface area contributed by atoms with Crippen LogP contribution in [-0.2, 0) is 14.3 Å². The minimum Gasteiger partial charge on any atom is -0.427 e. The SMILES string of the molecule is NC(CCCCB(O)O)C1CCCCO1.O=C=O. The Labute approximate surface area is 108 Å². The van der Waals surface area contributed by atoms with E-state index in [1.807, 2.05) is 0 Å². The molecule has 0 aliphatic carbocycles. The Morgan fingerprint density at radius 1 is 1.33 bits per heavy atom. The molecule has 0 aromatic carbocycles. The van der Waals surface area contributed by atoms with Gasteiger partial charge in [0.05, 0.1) is 6.10 Å². The topological polar surface area (TPSA) is 110 Å². The summed E-state index contributed by atoms with van der Waals surface area (Å²) in [7, 11) is -1.17. The number of rotatable bonds is 6. The lowest BCUT2D eigenvalue weighted by Crippen LogP contribution is -2.38. The van der Waals surface area contributed by atoms with Crippen LogP contribution in [0.5, 0.6) is 0 Å². The fourth-order valence-electron chi connectivity index (χ4n) is 2.00. The standard InChI is InChI=1S/C10H22BNO3.CO2/c12-9(5-1-3-7-11(13)14)10-6-2-4-8-15-10;2-1-3/h9-10,13-14H,1-8,12H2;. The van der Waals surface area contributed by atoms with Crippen LogP contribution in [0.1, 0.15) is 38.5 Å². The molecule has 7 heteroatoms. The summed E-state index contributed by atoms with van der Waals surface area (Å²) in [5.74, 6) is 0. The van der Waals surface area contributed by atoms with Crippen LogP contribution >= 0.6 is 0 Å². The molecule has 2 unspecified atom stereocenters. The summed E-state index contributed by atoms with van der Waals surface area (Å²) in [6, 6.07) is 0.112. The molecular formula is C11H22BNO5. The molecule has 1 aliphatic rings. The molecule has 0 saturated carbocycles. The van der Waals surface area contributed by atoms with E-state index < -0.39 is 7.12 Å². The summed E-state index contributed by atoms with van der Waals surface area (Å²) < 4.78 is 5.59. The fraction of sp³-hybridized carbons (Fsp3) is 0.909. The van der Waals surface area contributed by atoms with Gasteiger partial charge < -0.3 is 20.5 Å². The van der Waals surface area contributed by atoms with Crippen LogP contribution in [-0.4, -0.2) is 42.1 Å². The van der Waals surface area contributed by atoms with Crippen LogP contribution in [0.4, 0.5) is 0 Å². The van der Waals surface area contributed by atoms with Crippen molar-refractivity contribution >= 4 is 13.3 Å². The van der Waals surface area contributed by atoms with Crippen LogP contribution < -0.4 is 5.73 Å². The van der Waals surface area contributed by atoms with Crippen molar-refractivity contribution < 1.29 is 24.4 Å². The van der Waals surface area contributed by atoms with Gasteiger partial charge in [-0.1, -0.05) is 12.8 Å². The number of unbranched alkanes of at least 4 members (excludes halogenated alkanes) is 1. The van der Waals surface area contributed by atoms with Crippen LogP contribution in [0.2, 0.25) is 6.32 Å². The molecule has 1 rings (SSSR count). The third-order valence-electron chi connectivity index (χ3n) is 2.94. The number of hydrogen-bond acceptors (Lipinski definition) is 6. The molecular weight excluding hydrogens is 237 g/mol. The first-order chi connectivity index (χ1) is 8.61. The molecule has 1 aliphatic heterocycles. The summed E-state index contributed by atoms with van der Waals surface area (Å²) in [5.41, 5.74) is 6.02. The van der Waals surface area contributed by atoms with E-state index in [4.69, 9.17) is 30.1 Å². The Balaban J connectivity index is 0.000000873. The summed E-state index contributed by atoms with van der Waals surface area (Å²) >= 11 is 0. The molecule has 104 valence electrons. The monoisotopic (exact) mass is 259 g/mol. The highest BCUT2D eigenvalue weighted by atomic mass is 16.5. The summed E-state index contributed by atoms with van der Waals surface area (Å²) in [4.78, 5) is 16.2. The second-order valence-corrected chi connectivity index (χ2v) is 4.42. The Morgan fingerprint density at radius 3 is 2.50 bits per heavy atom. The quantitative estimate of drug-likeness (QED) is 0.455. The number of ether oxygens (including phenoxy) is 1. The molecule has 0 bridgehead atoms. The third kappa shape index (κ3) is 9.33. The summed E-state index contributed by atoms with van der Waals surface area (Å²) in [6.07, 6.45) is 7.03. The van der Waals surface area contributed by atoms with E-state index in [-0.39, 0.29) is 18.3 Å². The second kappa shape index (κ2) is 11.4. The number of nitrogens with two attached hydrogens (primary N) is 1. The van der Waals surface area contributed by atoms with Gasteiger partial charge in [-0.2, -0.15) is 9.59 Å². The predicted octanol–water partition coefficient (Wildman–Crippen LogP) is -0.0576. The van der Waals surface area contributed by atoms with Crippen molar-refractivity contribution in [2.45, 2.75) is 57.0 Å². The zero-order valence-electron chi connectivity index (χ0n) is 10.6. The highest BCUT2D eigenvalue weighted by Gasteiger charge is 2.20. The maximum absolute atomic E-state index is 8.67. The summed E-state index contributed by atoms with van der Waals surface area (Å²) in [6.45, 7) is 0.841. The molecule has 0 spiro atoms. The van der Waals surface area contributed by atoms with E-state index >= 15 is 0 Å². The average Bonchev–Trinajstić information content (AvgIpc) is 2.36. The molecule has 0 aromatic heterocycles. The van der Waals surface area contributed by atoms with Gasteiger partial charge in [0.15, 0.2) is 0 Å². The van der Waals surface area contributed by atoms with Gasteiger partial charge in [-0.05, 0) is 32.0 Å². The Morgan fingerprint density at radius 2 is 2.00 bits per heavy atom. The minimum absolute atomic E-state index is 0.112. The molecule has 4 N–H and O–H groups in total. The van der Waals surface area contributed by atoms with E-state index in [0.717, 1.165) is 38.7 Å². The van der Waals surface area contributed by atoms with Gasteiger partial charge in [0.2, 0.25) is 0 Å². The molecule has 6 nitrogen and oxygen atoms in total. The lowest BCUT2D eigenvalue weighted by Gasteiger charge is -2.27. The average molecular weight is 259 g/mol. The maximum Gasteiger partial charge on any atom is 0.451 e. The third-order valence-corrected chi connectivity index (χ3v) is 2.94. The van der Waals surface area contributed by atoms with E-state index in [9.17, 15) is 0 Å². The molecule has 2 atom stereocenters. The minimum atomic E-state index is -1.17. The molecule has 0 aromatic rings. The molecule has 1 saturated heterocycles. The van der Waals surface area contributed by atoms with Crippen molar-refractivity contribution in [3.05, 3.63) is 0 Å². The zero-order chi connectivity index (χ0) is 13.8. The van der Waals surface area contributed by atoms with Crippen molar-refractivity contribution in [1.82, 2.24) is 0 Å². The first-order valence-electron chi connectivity index (χ1n) is 6.34. The smallest absolute Gasteiger partial charge is 0.427 e. The van der Waals surface area contributed by atoms with Crippen molar-refractivity contribution in [3.8, 4) is 0 Å². The Hall–Kier alpha value is -0.715. The van der Waals surface area contributed by atoms with Crippen molar-refractivity contribution in [1.29, 1.82) is 0 Å². The largest absolute Gasteiger partial charge is 0.451 e. The highest BCUT2D eigenvalue weighted by molar-refractivity contribution is 6.40. The highest BCUT2D eigenvalue weighted by Crippen LogP contribution is 2.18. The maximum atomic E-state index is 8.67. The van der Waals surface area contributed by atoms with Gasteiger partial charge in [0.1, 0.15) is 0 Å². The van der Waals surface area contributed by atoms with E-state index in [1.165, 1.54) is 6.42 Å². The van der Waals surface area contributed by atoms with E-state index in [1.54, 1.807) is 0 Å². The molecule has 18 heavy (non-hydrogen) atoms. The van der Waals surface area contributed by atoms with Crippen LogP contribution in [0, 0.1) is 0 Å². The molecule has 1 heterocycles. The second-order valence-electron chi connectivity index (χ2n) is 4.42. The van der Waals surface area contributed by atoms with Crippen LogP contribution in [0.3, 0.4) is 0 Å². The van der Waals surface area contributed by atoms with Crippen LogP contribution in [0.15, 0.2) is 0 Å². The number of hydrogen-bond donors (Lipinski definition) is 3. The lowest BCUT2D eigenvalue weighted by atomic mass is 9.83. The van der Waals surface area contributed by atoms with Crippen molar-refractivity contribution in [2.24, 2.45) is 5.73 Å². The predicted molar refractivity (Wildman–Crippen MR) is 65.4 cm³/mol. The lowest BCUT2D eigenvalue weighted by molar-refractivity contribution is -0.191. The van der Waals surface area contributed by atoms with Crippen molar-refractivity contribution in [3.63, 3.8) is 0 Å². The Bertz CT molecular complexity index is 227. The molecule has 1 fully saturated rings. The normalized spacial score (nSPS) is 20.3. The number of carbonyl (C=O) groups excluding carboxylic acids is 2. The van der Waals surface area contributed by atoms with Gasteiger partial charge in [0.25, 0.3) is 0 Å². The van der Waals surface area contributed by atoms with Gasteiger partial charge in [-0.15, -0.1) is 0 Å². The van der Waals surface area contributed by atoms with Gasteiger partial charge in [-0.3, -0.25) is 0 Å². The van der Waals surface area contributed by atoms with Gasteiger partial charge >= 0.3 is 13.3 Å². The van der Waals surface area contributed by atoms with E-state index in [2.05, 4.69) is 0 Å². The summed E-state index contributed by atoms with van der Waals surface area (Å²) in [5, 5.41) is 17.3.